The number of hydrogen-bond acceptors (Lipinski definition) is 2. The Bertz CT molecular complexity index is 157. The summed E-state index contributed by atoms with van der Waals surface area (Å²) in [6.07, 6.45) is 2.34. The molecule has 12 heavy (non-hydrogen) atoms. The maximum atomic E-state index is 11.2. The predicted molar refractivity (Wildman–Crippen MR) is 50.2 cm³/mol. The van der Waals surface area contributed by atoms with Crippen molar-refractivity contribution in [3.63, 3.8) is 0 Å². The Balaban J connectivity index is 2.04. The standard InChI is InChI=1S/C8H14BrNO2/c9-4-2-1-3-8(12)10-5-7(11)6-10/h7,11H,1-6H2. The molecular weight excluding hydrogens is 222 g/mol. The fourth-order valence-corrected chi connectivity index (χ4v) is 1.58. The monoisotopic (exact) mass is 235 g/mol. The molecule has 1 aliphatic rings. The van der Waals surface area contributed by atoms with Crippen LogP contribution < -0.4 is 0 Å². The molecule has 1 saturated heterocycles. The first kappa shape index (κ1) is 9.99. The summed E-state index contributed by atoms with van der Waals surface area (Å²) in [7, 11) is 0. The number of hydrogen-bond donors (Lipinski definition) is 1. The third kappa shape index (κ3) is 2.75. The van der Waals surface area contributed by atoms with Crippen LogP contribution in [0.2, 0.25) is 0 Å². The molecule has 0 atom stereocenters. The van der Waals surface area contributed by atoms with Crippen LogP contribution in [0.25, 0.3) is 0 Å². The molecule has 1 rings (SSSR count). The van der Waals surface area contributed by atoms with Gasteiger partial charge in [-0.25, -0.2) is 0 Å². The van der Waals surface area contributed by atoms with Gasteiger partial charge >= 0.3 is 0 Å². The Morgan fingerprint density at radius 1 is 1.50 bits per heavy atom. The lowest BCUT2D eigenvalue weighted by atomic mass is 10.1. The van der Waals surface area contributed by atoms with Crippen molar-refractivity contribution < 1.29 is 9.90 Å². The van der Waals surface area contributed by atoms with Gasteiger partial charge in [0.15, 0.2) is 0 Å². The van der Waals surface area contributed by atoms with Crippen LogP contribution in [-0.4, -0.2) is 40.4 Å². The van der Waals surface area contributed by atoms with Gasteiger partial charge in [-0.15, -0.1) is 0 Å². The Kier molecular flexibility index (Phi) is 4.01. The fraction of sp³-hybridized carbons (Fsp3) is 0.875. The summed E-state index contributed by atoms with van der Waals surface area (Å²) in [5, 5.41) is 9.90. The number of aliphatic hydroxyl groups is 1. The van der Waals surface area contributed by atoms with E-state index in [-0.39, 0.29) is 12.0 Å². The zero-order chi connectivity index (χ0) is 8.97. The van der Waals surface area contributed by atoms with Crippen molar-refractivity contribution in [3.8, 4) is 0 Å². The quantitative estimate of drug-likeness (QED) is 0.578. The van der Waals surface area contributed by atoms with E-state index in [2.05, 4.69) is 15.9 Å². The molecule has 0 bridgehead atoms. The van der Waals surface area contributed by atoms with E-state index in [0.717, 1.165) is 18.2 Å². The predicted octanol–water partition coefficient (Wildman–Crippen LogP) is 0.755. The highest BCUT2D eigenvalue weighted by Gasteiger charge is 2.27. The molecule has 1 fully saturated rings. The minimum absolute atomic E-state index is 0.182. The largest absolute Gasteiger partial charge is 0.389 e. The minimum Gasteiger partial charge on any atom is -0.389 e. The number of likely N-dealkylation sites (tertiary alicyclic amines) is 1. The molecule has 0 spiro atoms. The molecule has 1 heterocycles. The third-order valence-electron chi connectivity index (χ3n) is 1.99. The molecule has 0 aromatic rings. The van der Waals surface area contributed by atoms with Crippen LogP contribution in [0, 0.1) is 0 Å². The lowest BCUT2D eigenvalue weighted by molar-refractivity contribution is -0.141. The summed E-state index contributed by atoms with van der Waals surface area (Å²) in [5.74, 6) is 0.182. The summed E-state index contributed by atoms with van der Waals surface area (Å²) in [4.78, 5) is 13.0. The molecule has 1 aliphatic heterocycles. The Hall–Kier alpha value is -0.0900. The van der Waals surface area contributed by atoms with E-state index in [0.29, 0.717) is 19.5 Å². The van der Waals surface area contributed by atoms with Crippen molar-refractivity contribution in [1.29, 1.82) is 0 Å². The van der Waals surface area contributed by atoms with Crippen LogP contribution in [0.3, 0.4) is 0 Å². The molecule has 4 heteroatoms. The number of carbonyl (C=O) groups excluding carboxylic acids is 1. The second-order valence-corrected chi connectivity index (χ2v) is 3.89. The number of alkyl halides is 1. The van der Waals surface area contributed by atoms with E-state index in [1.807, 2.05) is 0 Å². The molecule has 0 radical (unpaired) electrons. The third-order valence-corrected chi connectivity index (χ3v) is 2.55. The number of carbonyl (C=O) groups is 1. The van der Waals surface area contributed by atoms with Gasteiger partial charge < -0.3 is 10.0 Å². The van der Waals surface area contributed by atoms with Crippen molar-refractivity contribution in [3.05, 3.63) is 0 Å². The molecule has 0 saturated carbocycles. The molecule has 1 amide bonds. The summed E-state index contributed by atoms with van der Waals surface area (Å²) >= 11 is 3.31. The van der Waals surface area contributed by atoms with E-state index in [1.165, 1.54) is 0 Å². The Labute approximate surface area is 80.9 Å². The average molecular weight is 236 g/mol. The van der Waals surface area contributed by atoms with Crippen molar-refractivity contribution >= 4 is 21.8 Å². The van der Waals surface area contributed by atoms with Gasteiger partial charge in [0.1, 0.15) is 0 Å². The van der Waals surface area contributed by atoms with Crippen LogP contribution >= 0.6 is 15.9 Å². The highest BCUT2D eigenvalue weighted by molar-refractivity contribution is 9.09. The van der Waals surface area contributed by atoms with Gasteiger partial charge in [0, 0.05) is 24.8 Å². The topological polar surface area (TPSA) is 40.5 Å². The zero-order valence-corrected chi connectivity index (χ0v) is 8.59. The van der Waals surface area contributed by atoms with E-state index < -0.39 is 0 Å². The summed E-state index contributed by atoms with van der Waals surface area (Å²) in [6, 6.07) is 0. The molecule has 70 valence electrons. The highest BCUT2D eigenvalue weighted by atomic mass is 79.9. The Morgan fingerprint density at radius 3 is 2.67 bits per heavy atom. The first-order chi connectivity index (χ1) is 5.74. The number of nitrogens with zero attached hydrogens (tertiary/aromatic N) is 1. The van der Waals surface area contributed by atoms with Crippen molar-refractivity contribution in [2.24, 2.45) is 0 Å². The maximum Gasteiger partial charge on any atom is 0.222 e. The van der Waals surface area contributed by atoms with Gasteiger partial charge in [0.25, 0.3) is 0 Å². The van der Waals surface area contributed by atoms with Crippen LogP contribution in [0.5, 0.6) is 0 Å². The Morgan fingerprint density at radius 2 is 2.17 bits per heavy atom. The summed E-state index contributed by atoms with van der Waals surface area (Å²) in [6.45, 7) is 1.07. The average Bonchev–Trinajstić information content (AvgIpc) is 1.99. The SMILES string of the molecule is O=C(CCCCBr)N1CC(O)C1. The summed E-state index contributed by atoms with van der Waals surface area (Å²) < 4.78 is 0. The first-order valence-corrected chi connectivity index (χ1v) is 5.38. The van der Waals surface area contributed by atoms with Crippen LogP contribution in [0.1, 0.15) is 19.3 Å². The number of rotatable bonds is 4. The van der Waals surface area contributed by atoms with Gasteiger partial charge in [-0.05, 0) is 12.8 Å². The van der Waals surface area contributed by atoms with Crippen molar-refractivity contribution in [2.45, 2.75) is 25.4 Å². The van der Waals surface area contributed by atoms with Crippen molar-refractivity contribution in [2.75, 3.05) is 18.4 Å². The lowest BCUT2D eigenvalue weighted by Crippen LogP contribution is -2.53. The van der Waals surface area contributed by atoms with Crippen LogP contribution in [0.4, 0.5) is 0 Å². The number of amides is 1. The van der Waals surface area contributed by atoms with E-state index in [4.69, 9.17) is 5.11 Å². The highest BCUT2D eigenvalue weighted by Crippen LogP contribution is 2.10. The second kappa shape index (κ2) is 4.82. The number of β-amino-alcohol motifs (C(OH)–C–C–N with tert-alkyl or cyclic N) is 1. The van der Waals surface area contributed by atoms with E-state index in [9.17, 15) is 4.79 Å². The maximum absolute atomic E-state index is 11.2. The molecular formula is C8H14BrNO2. The number of aliphatic hydroxyl groups excluding tert-OH is 1. The van der Waals surface area contributed by atoms with E-state index in [1.54, 1.807) is 4.90 Å². The first-order valence-electron chi connectivity index (χ1n) is 4.26. The van der Waals surface area contributed by atoms with Gasteiger partial charge in [-0.1, -0.05) is 15.9 Å². The summed E-state index contributed by atoms with van der Waals surface area (Å²) in [5.41, 5.74) is 0. The van der Waals surface area contributed by atoms with Gasteiger partial charge in [-0.3, -0.25) is 4.79 Å². The normalized spacial score (nSPS) is 17.7. The van der Waals surface area contributed by atoms with Gasteiger partial charge in [0.2, 0.25) is 5.91 Å². The number of halogens is 1. The minimum atomic E-state index is -0.273. The second-order valence-electron chi connectivity index (χ2n) is 3.10. The molecule has 1 N–H and O–H groups in total. The number of unbranched alkanes of at least 4 members (excludes halogenated alkanes) is 1. The molecule has 3 nitrogen and oxygen atoms in total. The lowest BCUT2D eigenvalue weighted by Gasteiger charge is -2.35. The zero-order valence-electron chi connectivity index (χ0n) is 7.00. The molecule has 0 unspecified atom stereocenters. The molecule has 0 aromatic heterocycles. The van der Waals surface area contributed by atoms with Crippen LogP contribution in [0.15, 0.2) is 0 Å². The fourth-order valence-electron chi connectivity index (χ4n) is 1.19. The molecule has 0 aliphatic carbocycles. The van der Waals surface area contributed by atoms with Crippen LogP contribution in [-0.2, 0) is 4.79 Å². The molecule has 0 aromatic carbocycles. The smallest absolute Gasteiger partial charge is 0.222 e. The van der Waals surface area contributed by atoms with Crippen molar-refractivity contribution in [1.82, 2.24) is 4.90 Å². The van der Waals surface area contributed by atoms with Gasteiger partial charge in [0.05, 0.1) is 6.10 Å². The van der Waals surface area contributed by atoms with E-state index >= 15 is 0 Å². The van der Waals surface area contributed by atoms with Gasteiger partial charge in [-0.2, -0.15) is 0 Å².